The van der Waals surface area contributed by atoms with Gasteiger partial charge < -0.3 is 4.74 Å². The lowest BCUT2D eigenvalue weighted by Gasteiger charge is -2.21. The smallest absolute Gasteiger partial charge is 0.260 e. The third-order valence-electron chi connectivity index (χ3n) is 5.66. The van der Waals surface area contributed by atoms with E-state index in [-0.39, 0.29) is 5.69 Å². The third kappa shape index (κ3) is 4.82. The van der Waals surface area contributed by atoms with Crippen LogP contribution >= 0.6 is 0 Å². The van der Waals surface area contributed by atoms with E-state index < -0.39 is 87.0 Å². The molecule has 0 radical (unpaired) electrons. The Morgan fingerprint density at radius 2 is 0.923 bits per heavy atom. The Morgan fingerprint density at radius 1 is 0.513 bits per heavy atom. The van der Waals surface area contributed by atoms with Gasteiger partial charge in [0.15, 0.2) is 58.2 Å². The fourth-order valence-corrected chi connectivity index (χ4v) is 3.79. The van der Waals surface area contributed by atoms with E-state index in [0.717, 1.165) is 18.2 Å². The average Bonchev–Trinajstić information content (AvgIpc) is 2.95. The Bertz CT molecular complexity index is 1480. The molecule has 0 saturated heterocycles. The third-order valence-corrected chi connectivity index (χ3v) is 5.66. The summed E-state index contributed by atoms with van der Waals surface area (Å²) in [6.07, 6.45) is 0. The molecule has 14 heteroatoms. The second-order valence-corrected chi connectivity index (χ2v) is 7.86. The zero-order chi connectivity index (χ0) is 28.6. The van der Waals surface area contributed by atoms with E-state index in [4.69, 9.17) is 4.74 Å². The van der Waals surface area contributed by atoms with Gasteiger partial charge in [-0.3, -0.25) is 0 Å². The zero-order valence-electron chi connectivity index (χ0n) is 19.3. The summed E-state index contributed by atoms with van der Waals surface area (Å²) in [5.74, 6) is -25.0. The first-order valence-corrected chi connectivity index (χ1v) is 10.7. The molecule has 39 heavy (non-hydrogen) atoms. The van der Waals surface area contributed by atoms with Crippen LogP contribution in [0.3, 0.4) is 0 Å². The molecule has 4 rings (SSSR count). The van der Waals surface area contributed by atoms with Crippen LogP contribution in [0.5, 0.6) is 5.75 Å². The van der Waals surface area contributed by atoms with Crippen LogP contribution in [0.2, 0.25) is 0 Å². The molecule has 0 aliphatic heterocycles. The summed E-state index contributed by atoms with van der Waals surface area (Å²) >= 11 is 0. The first-order chi connectivity index (χ1) is 18.5. The fraction of sp³-hybridized carbons (Fsp3) is 0.0400. The van der Waals surface area contributed by atoms with Crippen molar-refractivity contribution >= 4 is 34.5 Å². The summed E-state index contributed by atoms with van der Waals surface area (Å²) in [6, 6.07) is 10.1. The molecule has 0 amide bonds. The number of methoxy groups -OCH3 is 1. The summed E-state index contributed by atoms with van der Waals surface area (Å²) in [7, 11) is 1.39. The molecule has 4 aromatic carbocycles. The van der Waals surface area contributed by atoms with E-state index in [1.54, 1.807) is 0 Å². The van der Waals surface area contributed by atoms with Crippen LogP contribution in [0, 0.1) is 58.2 Å². The maximum atomic E-state index is 14.9. The van der Waals surface area contributed by atoms with E-state index >= 15 is 0 Å². The fourth-order valence-electron chi connectivity index (χ4n) is 3.79. The number of hydrogen-bond donors (Lipinski definition) is 0. The second kappa shape index (κ2) is 10.8. The highest BCUT2D eigenvalue weighted by molar-refractivity contribution is 6.96. The molecule has 4 aromatic rings. The van der Waals surface area contributed by atoms with Gasteiger partial charge >= 0.3 is 0 Å². The van der Waals surface area contributed by atoms with Crippen molar-refractivity contribution in [1.82, 2.24) is 0 Å². The van der Waals surface area contributed by atoms with Crippen molar-refractivity contribution in [3.05, 3.63) is 107 Å². The summed E-state index contributed by atoms with van der Waals surface area (Å²) in [5.41, 5.74) is -4.73. The molecular formula is C25H11BF10N2O. The number of rotatable bonds is 6. The molecular weight excluding hydrogens is 545 g/mol. The van der Waals surface area contributed by atoms with Gasteiger partial charge in [0.2, 0.25) is 0 Å². The van der Waals surface area contributed by atoms with Gasteiger partial charge in [-0.15, -0.1) is 0 Å². The average molecular weight is 556 g/mol. The minimum atomic E-state index is -2.76. The van der Waals surface area contributed by atoms with Crippen molar-refractivity contribution in [2.75, 3.05) is 7.11 Å². The molecule has 0 bridgehead atoms. The predicted octanol–water partition coefficient (Wildman–Crippen LogP) is 6.02. The van der Waals surface area contributed by atoms with Gasteiger partial charge in [-0.25, -0.2) is 43.9 Å². The summed E-state index contributed by atoms with van der Waals surface area (Å²) in [5, 5.41) is 7.67. The number of halogens is 10. The van der Waals surface area contributed by atoms with Gasteiger partial charge in [0.25, 0.3) is 6.71 Å². The number of hydrogen-bond acceptors (Lipinski definition) is 3. The monoisotopic (exact) mass is 556 g/mol. The Kier molecular flexibility index (Phi) is 7.66. The molecule has 0 fully saturated rings. The highest BCUT2D eigenvalue weighted by atomic mass is 19.2. The molecule has 200 valence electrons. The van der Waals surface area contributed by atoms with Crippen LogP contribution in [-0.2, 0) is 0 Å². The Balaban J connectivity index is 2.05. The molecule has 0 atom stereocenters. The SMILES string of the molecule is COc1ccc(/N=N/c2ccccc2B(c2c(F)c(F)c(F)c(F)c2F)c2c(F)c(F)c(F)c(F)c2F)cc1. The van der Waals surface area contributed by atoms with Crippen LogP contribution in [0.1, 0.15) is 0 Å². The van der Waals surface area contributed by atoms with E-state index in [0.29, 0.717) is 5.75 Å². The van der Waals surface area contributed by atoms with Gasteiger partial charge in [-0.05, 0) is 35.8 Å². The van der Waals surface area contributed by atoms with E-state index in [2.05, 4.69) is 10.2 Å². The molecule has 0 N–H and O–H groups in total. The van der Waals surface area contributed by atoms with E-state index in [1.807, 2.05) is 0 Å². The van der Waals surface area contributed by atoms with Gasteiger partial charge in [-0.1, -0.05) is 18.2 Å². The molecule has 0 unspecified atom stereocenters. The van der Waals surface area contributed by atoms with Crippen molar-refractivity contribution in [2.24, 2.45) is 10.2 Å². The lowest BCUT2D eigenvalue weighted by Crippen LogP contribution is -2.58. The highest BCUT2D eigenvalue weighted by Gasteiger charge is 2.41. The summed E-state index contributed by atoms with van der Waals surface area (Å²) in [6.45, 7) is -2.76. The Morgan fingerprint density at radius 3 is 1.36 bits per heavy atom. The predicted molar refractivity (Wildman–Crippen MR) is 121 cm³/mol. The molecule has 0 aliphatic rings. The van der Waals surface area contributed by atoms with E-state index in [1.165, 1.54) is 37.4 Å². The molecule has 0 aliphatic carbocycles. The maximum Gasteiger partial charge on any atom is 0.260 e. The Labute approximate surface area is 213 Å². The van der Waals surface area contributed by atoms with Crippen molar-refractivity contribution < 1.29 is 48.6 Å². The van der Waals surface area contributed by atoms with Crippen LogP contribution < -0.4 is 21.1 Å². The van der Waals surface area contributed by atoms with Gasteiger partial charge in [0.1, 0.15) is 5.75 Å². The first kappa shape index (κ1) is 27.7. The molecule has 0 spiro atoms. The van der Waals surface area contributed by atoms with Crippen LogP contribution in [0.15, 0.2) is 58.8 Å². The zero-order valence-corrected chi connectivity index (χ0v) is 19.3. The summed E-state index contributed by atoms with van der Waals surface area (Å²) < 4.78 is 149. The first-order valence-electron chi connectivity index (χ1n) is 10.7. The standard InChI is InChI=1S/C25H11BF10N2O/c1-39-11-8-6-10(7-9-11)37-38-13-5-3-2-4-12(13)26(14-16(27)20(31)24(35)21(32)17(14)28)15-18(29)22(33)25(36)23(34)19(15)30/h2-9H,1H3/b38-37+. The normalized spacial score (nSPS) is 11.4. The number of azo groups is 1. The minimum absolute atomic E-state index is 0.162. The van der Waals surface area contributed by atoms with Gasteiger partial charge in [-0.2, -0.15) is 10.2 Å². The summed E-state index contributed by atoms with van der Waals surface area (Å²) in [4.78, 5) is 0. The highest BCUT2D eigenvalue weighted by Crippen LogP contribution is 2.24. The quantitative estimate of drug-likeness (QED) is 0.0942. The van der Waals surface area contributed by atoms with Crippen molar-refractivity contribution in [3.63, 3.8) is 0 Å². The molecule has 0 aromatic heterocycles. The van der Waals surface area contributed by atoms with Gasteiger partial charge in [0.05, 0.1) is 18.5 Å². The van der Waals surface area contributed by atoms with Crippen molar-refractivity contribution in [3.8, 4) is 5.75 Å². The largest absolute Gasteiger partial charge is 0.497 e. The Hall–Kier alpha value is -4.36. The van der Waals surface area contributed by atoms with Gasteiger partial charge in [0, 0.05) is 10.9 Å². The van der Waals surface area contributed by atoms with Crippen LogP contribution in [0.4, 0.5) is 55.3 Å². The molecule has 3 nitrogen and oxygen atoms in total. The van der Waals surface area contributed by atoms with Crippen LogP contribution in [0.25, 0.3) is 0 Å². The molecule has 0 saturated carbocycles. The van der Waals surface area contributed by atoms with Crippen molar-refractivity contribution in [2.45, 2.75) is 0 Å². The number of nitrogens with zero attached hydrogens (tertiary/aromatic N) is 2. The minimum Gasteiger partial charge on any atom is -0.497 e. The lowest BCUT2D eigenvalue weighted by molar-refractivity contribution is 0.382. The van der Waals surface area contributed by atoms with Crippen molar-refractivity contribution in [1.29, 1.82) is 0 Å². The maximum absolute atomic E-state index is 14.9. The van der Waals surface area contributed by atoms with Crippen LogP contribution in [-0.4, -0.2) is 13.8 Å². The lowest BCUT2D eigenvalue weighted by atomic mass is 9.36. The second-order valence-electron chi connectivity index (χ2n) is 7.86. The molecule has 0 heterocycles. The van der Waals surface area contributed by atoms with E-state index in [9.17, 15) is 43.9 Å². The number of benzene rings is 4. The topological polar surface area (TPSA) is 34.0 Å². The number of ether oxygens (including phenoxy) is 1.